The molecular formula is C13H12F3NO2. The van der Waals surface area contributed by atoms with Gasteiger partial charge in [-0.05, 0) is 23.8 Å². The molecule has 1 aliphatic heterocycles. The Morgan fingerprint density at radius 2 is 1.84 bits per heavy atom. The summed E-state index contributed by atoms with van der Waals surface area (Å²) in [6.45, 7) is 0.604. The van der Waals surface area contributed by atoms with Crippen LogP contribution < -0.4 is 0 Å². The third kappa shape index (κ3) is 3.35. The maximum Gasteiger partial charge on any atom is 0.416 e. The molecule has 0 radical (unpaired) electrons. The van der Waals surface area contributed by atoms with Crippen LogP contribution in [0.3, 0.4) is 0 Å². The number of carbonyl (C=O) groups excluding carboxylic acids is 1. The number of hydrogen-bond acceptors (Lipinski definition) is 2. The molecule has 0 spiro atoms. The molecule has 0 saturated carbocycles. The summed E-state index contributed by atoms with van der Waals surface area (Å²) in [7, 11) is 0. The molecule has 1 N–H and O–H groups in total. The quantitative estimate of drug-likeness (QED) is 0.835. The van der Waals surface area contributed by atoms with Crippen LogP contribution in [0.5, 0.6) is 0 Å². The largest absolute Gasteiger partial charge is 0.416 e. The average Bonchev–Trinajstić information content (AvgIpc) is 2.31. The Labute approximate surface area is 108 Å². The van der Waals surface area contributed by atoms with E-state index in [1.807, 2.05) is 0 Å². The number of carbonyl (C=O) groups is 1. The van der Waals surface area contributed by atoms with Crippen molar-refractivity contribution in [2.24, 2.45) is 0 Å². The van der Waals surface area contributed by atoms with E-state index >= 15 is 0 Å². The number of nitrogens with zero attached hydrogens (tertiary/aromatic N) is 1. The van der Waals surface area contributed by atoms with E-state index < -0.39 is 17.8 Å². The minimum Gasteiger partial charge on any atom is -0.389 e. The lowest BCUT2D eigenvalue weighted by atomic mass is 10.1. The van der Waals surface area contributed by atoms with E-state index in [4.69, 9.17) is 5.11 Å². The highest BCUT2D eigenvalue weighted by Gasteiger charge is 2.30. The Balaban J connectivity index is 1.98. The second-order valence-corrected chi connectivity index (χ2v) is 4.35. The van der Waals surface area contributed by atoms with Crippen molar-refractivity contribution in [3.05, 3.63) is 41.5 Å². The van der Waals surface area contributed by atoms with Crippen molar-refractivity contribution in [1.29, 1.82) is 0 Å². The number of aliphatic hydroxyl groups is 1. The van der Waals surface area contributed by atoms with Gasteiger partial charge in [-0.15, -0.1) is 0 Å². The topological polar surface area (TPSA) is 40.5 Å². The predicted octanol–water partition coefficient (Wildman–Crippen LogP) is 1.92. The van der Waals surface area contributed by atoms with Gasteiger partial charge in [-0.25, -0.2) is 0 Å². The lowest BCUT2D eigenvalue weighted by Crippen LogP contribution is -2.52. The smallest absolute Gasteiger partial charge is 0.389 e. The van der Waals surface area contributed by atoms with E-state index in [0.29, 0.717) is 18.7 Å². The van der Waals surface area contributed by atoms with Crippen LogP contribution in [0.2, 0.25) is 0 Å². The Morgan fingerprint density at radius 1 is 1.26 bits per heavy atom. The van der Waals surface area contributed by atoms with Gasteiger partial charge in [0.25, 0.3) is 0 Å². The summed E-state index contributed by atoms with van der Waals surface area (Å²) >= 11 is 0. The van der Waals surface area contributed by atoms with Crippen LogP contribution in [0.1, 0.15) is 11.1 Å². The second kappa shape index (κ2) is 5.05. The van der Waals surface area contributed by atoms with Crippen molar-refractivity contribution >= 4 is 12.0 Å². The van der Waals surface area contributed by atoms with Crippen molar-refractivity contribution in [3.8, 4) is 0 Å². The molecule has 19 heavy (non-hydrogen) atoms. The third-order valence-corrected chi connectivity index (χ3v) is 2.83. The molecule has 2 rings (SSSR count). The summed E-state index contributed by atoms with van der Waals surface area (Å²) in [6, 6.07) is 4.55. The first-order valence-corrected chi connectivity index (χ1v) is 5.68. The highest BCUT2D eigenvalue weighted by Crippen LogP contribution is 2.29. The number of rotatable bonds is 2. The summed E-state index contributed by atoms with van der Waals surface area (Å²) in [5, 5.41) is 9.03. The van der Waals surface area contributed by atoms with E-state index in [-0.39, 0.29) is 5.91 Å². The molecule has 1 aromatic rings. The van der Waals surface area contributed by atoms with E-state index in [0.717, 1.165) is 12.1 Å². The molecule has 1 fully saturated rings. The molecule has 1 aliphatic rings. The van der Waals surface area contributed by atoms with E-state index in [1.54, 1.807) is 0 Å². The van der Waals surface area contributed by atoms with Crippen molar-refractivity contribution in [2.45, 2.75) is 12.3 Å². The van der Waals surface area contributed by atoms with Gasteiger partial charge in [-0.2, -0.15) is 13.2 Å². The predicted molar refractivity (Wildman–Crippen MR) is 63.1 cm³/mol. The van der Waals surface area contributed by atoms with Gasteiger partial charge >= 0.3 is 6.18 Å². The summed E-state index contributed by atoms with van der Waals surface area (Å²) in [6.07, 6.45) is -2.09. The molecule has 0 aromatic heterocycles. The van der Waals surface area contributed by atoms with Crippen LogP contribution in [0.15, 0.2) is 30.3 Å². The van der Waals surface area contributed by atoms with Gasteiger partial charge in [-0.3, -0.25) is 4.79 Å². The number of hydrogen-bond donors (Lipinski definition) is 1. The minimum absolute atomic E-state index is 0.259. The molecular weight excluding hydrogens is 259 g/mol. The van der Waals surface area contributed by atoms with Crippen molar-refractivity contribution in [2.75, 3.05) is 13.1 Å². The van der Waals surface area contributed by atoms with Crippen LogP contribution in [0, 0.1) is 0 Å². The lowest BCUT2D eigenvalue weighted by molar-refractivity contribution is -0.137. The summed E-state index contributed by atoms with van der Waals surface area (Å²) < 4.78 is 37.0. The normalized spacial score (nSPS) is 16.7. The molecule has 1 heterocycles. The first-order chi connectivity index (χ1) is 8.86. The van der Waals surface area contributed by atoms with Gasteiger partial charge in [0.05, 0.1) is 11.7 Å². The highest BCUT2D eigenvalue weighted by atomic mass is 19.4. The molecule has 0 bridgehead atoms. The van der Waals surface area contributed by atoms with Crippen LogP contribution in [0.25, 0.3) is 6.08 Å². The monoisotopic (exact) mass is 271 g/mol. The van der Waals surface area contributed by atoms with Crippen LogP contribution in [0.4, 0.5) is 13.2 Å². The molecule has 1 amide bonds. The fourth-order valence-electron chi connectivity index (χ4n) is 1.69. The molecule has 0 aliphatic carbocycles. The number of aliphatic hydroxyl groups excluding tert-OH is 1. The zero-order chi connectivity index (χ0) is 14.0. The van der Waals surface area contributed by atoms with Crippen molar-refractivity contribution < 1.29 is 23.1 Å². The number of β-amino-alcohol motifs (C(OH)–C–C–N with tert-alkyl or cyclic N) is 1. The van der Waals surface area contributed by atoms with Gasteiger partial charge in [0.15, 0.2) is 0 Å². The maximum absolute atomic E-state index is 12.3. The molecule has 102 valence electrons. The third-order valence-electron chi connectivity index (χ3n) is 2.83. The van der Waals surface area contributed by atoms with Gasteiger partial charge in [0.2, 0.25) is 5.91 Å². The SMILES string of the molecule is O=C(/C=C/c1ccc(C(F)(F)F)cc1)N1CC(O)C1. The minimum atomic E-state index is -4.36. The van der Waals surface area contributed by atoms with Crippen LogP contribution >= 0.6 is 0 Å². The van der Waals surface area contributed by atoms with Crippen molar-refractivity contribution in [1.82, 2.24) is 4.90 Å². The lowest BCUT2D eigenvalue weighted by Gasteiger charge is -2.34. The summed E-state index contributed by atoms with van der Waals surface area (Å²) in [5.74, 6) is -0.259. The number of halogens is 3. The molecule has 1 saturated heterocycles. The van der Waals surface area contributed by atoms with Crippen LogP contribution in [-0.4, -0.2) is 35.1 Å². The van der Waals surface area contributed by atoms with Gasteiger partial charge in [0, 0.05) is 19.2 Å². The molecule has 3 nitrogen and oxygen atoms in total. The Bertz CT molecular complexity index is 488. The molecule has 6 heteroatoms. The maximum atomic E-state index is 12.3. The van der Waals surface area contributed by atoms with E-state index in [1.165, 1.54) is 29.2 Å². The van der Waals surface area contributed by atoms with E-state index in [2.05, 4.69) is 0 Å². The number of benzene rings is 1. The zero-order valence-corrected chi connectivity index (χ0v) is 9.89. The van der Waals surface area contributed by atoms with Gasteiger partial charge in [0.1, 0.15) is 0 Å². The Morgan fingerprint density at radius 3 is 2.32 bits per heavy atom. The van der Waals surface area contributed by atoms with Crippen LogP contribution in [-0.2, 0) is 11.0 Å². The van der Waals surface area contributed by atoms with E-state index in [9.17, 15) is 18.0 Å². The molecule has 1 aromatic carbocycles. The zero-order valence-electron chi connectivity index (χ0n) is 9.89. The van der Waals surface area contributed by atoms with Crippen molar-refractivity contribution in [3.63, 3.8) is 0 Å². The second-order valence-electron chi connectivity index (χ2n) is 4.35. The standard InChI is InChI=1S/C13H12F3NO2/c14-13(15,16)10-4-1-9(2-5-10)3-6-12(19)17-7-11(18)8-17/h1-6,11,18H,7-8H2/b6-3+. The first-order valence-electron chi connectivity index (χ1n) is 5.68. The summed E-state index contributed by atoms with van der Waals surface area (Å²) in [4.78, 5) is 13.0. The Kier molecular flexibility index (Phi) is 3.61. The van der Waals surface area contributed by atoms with Gasteiger partial charge in [-0.1, -0.05) is 12.1 Å². The number of amides is 1. The Hall–Kier alpha value is -1.82. The number of likely N-dealkylation sites (tertiary alicyclic amines) is 1. The number of alkyl halides is 3. The average molecular weight is 271 g/mol. The summed E-state index contributed by atoms with van der Waals surface area (Å²) in [5.41, 5.74) is -0.204. The molecule has 0 unspecified atom stereocenters. The first kappa shape index (κ1) is 13.6. The highest BCUT2D eigenvalue weighted by molar-refractivity contribution is 5.92. The fourth-order valence-corrected chi connectivity index (χ4v) is 1.69. The fraction of sp³-hybridized carbons (Fsp3) is 0.308. The molecule has 0 atom stereocenters. The van der Waals surface area contributed by atoms with Gasteiger partial charge < -0.3 is 10.0 Å².